The highest BCUT2D eigenvalue weighted by atomic mass is 79.9. The summed E-state index contributed by atoms with van der Waals surface area (Å²) in [7, 11) is 0. The van der Waals surface area contributed by atoms with Crippen LogP contribution in [0.25, 0.3) is 0 Å². The number of hydrogen-bond acceptors (Lipinski definition) is 3. The van der Waals surface area contributed by atoms with Gasteiger partial charge < -0.3 is 5.11 Å². The number of halogens is 1. The van der Waals surface area contributed by atoms with Gasteiger partial charge in [0.25, 0.3) is 0 Å². The maximum atomic E-state index is 10.6. The topological polar surface area (TPSA) is 61.1 Å². The molecule has 0 bridgehead atoms. The zero-order chi connectivity index (χ0) is 9.30. The average molecular weight is 246 g/mol. The molecule has 1 heterocycles. The van der Waals surface area contributed by atoms with Gasteiger partial charge in [-0.15, -0.1) is 11.3 Å². The van der Waals surface area contributed by atoms with Crippen molar-refractivity contribution in [3.05, 3.63) is 19.8 Å². The van der Waals surface area contributed by atoms with E-state index in [0.29, 0.717) is 14.9 Å². The summed E-state index contributed by atoms with van der Waals surface area (Å²) in [6.07, 6.45) is 0. The van der Waals surface area contributed by atoms with Gasteiger partial charge in [-0.1, -0.05) is 0 Å². The number of carboxylic acid groups (broad SMARTS) is 1. The second kappa shape index (κ2) is 3.25. The Morgan fingerprint density at radius 1 is 1.75 bits per heavy atom. The molecule has 1 aromatic heterocycles. The molecule has 0 amide bonds. The van der Waals surface area contributed by atoms with Crippen LogP contribution in [-0.4, -0.2) is 11.1 Å². The van der Waals surface area contributed by atoms with Gasteiger partial charge in [0.1, 0.15) is 15.8 Å². The molecule has 0 saturated carbocycles. The van der Waals surface area contributed by atoms with Crippen LogP contribution in [-0.2, 0) is 0 Å². The summed E-state index contributed by atoms with van der Waals surface area (Å²) in [6, 6.07) is 1.92. The summed E-state index contributed by atoms with van der Waals surface area (Å²) >= 11 is 4.14. The van der Waals surface area contributed by atoms with E-state index in [2.05, 4.69) is 15.9 Å². The Morgan fingerprint density at radius 3 is 2.58 bits per heavy atom. The van der Waals surface area contributed by atoms with E-state index < -0.39 is 5.97 Å². The first-order valence-electron chi connectivity index (χ1n) is 3.00. The van der Waals surface area contributed by atoms with Crippen LogP contribution >= 0.6 is 27.3 Å². The second-order valence-corrected chi connectivity index (χ2v) is 3.93. The van der Waals surface area contributed by atoms with E-state index in [0.717, 1.165) is 11.3 Å². The van der Waals surface area contributed by atoms with Crippen molar-refractivity contribution in [3.63, 3.8) is 0 Å². The van der Waals surface area contributed by atoms with Gasteiger partial charge in [-0.05, 0) is 28.4 Å². The SMILES string of the molecule is Cc1c(C(=O)O)sc(C#N)c1Br. The summed E-state index contributed by atoms with van der Waals surface area (Å²) in [4.78, 5) is 11.2. The van der Waals surface area contributed by atoms with E-state index in [4.69, 9.17) is 10.4 Å². The van der Waals surface area contributed by atoms with Crippen LogP contribution in [0.5, 0.6) is 0 Å². The molecule has 0 radical (unpaired) electrons. The molecule has 3 nitrogen and oxygen atoms in total. The first-order valence-corrected chi connectivity index (χ1v) is 4.61. The van der Waals surface area contributed by atoms with E-state index in [1.807, 2.05) is 6.07 Å². The van der Waals surface area contributed by atoms with Gasteiger partial charge in [-0.25, -0.2) is 4.79 Å². The summed E-state index contributed by atoms with van der Waals surface area (Å²) in [6.45, 7) is 1.67. The number of carbonyl (C=O) groups is 1. The molecule has 0 atom stereocenters. The quantitative estimate of drug-likeness (QED) is 0.827. The van der Waals surface area contributed by atoms with Gasteiger partial charge in [0.2, 0.25) is 0 Å². The summed E-state index contributed by atoms with van der Waals surface area (Å²) < 4.78 is 0.590. The van der Waals surface area contributed by atoms with Gasteiger partial charge in [-0.3, -0.25) is 0 Å². The lowest BCUT2D eigenvalue weighted by Gasteiger charge is -1.88. The number of nitriles is 1. The highest BCUT2D eigenvalue weighted by Gasteiger charge is 2.17. The van der Waals surface area contributed by atoms with E-state index in [1.54, 1.807) is 6.92 Å². The zero-order valence-electron chi connectivity index (χ0n) is 6.09. The minimum Gasteiger partial charge on any atom is -0.477 e. The minimum absolute atomic E-state index is 0.221. The van der Waals surface area contributed by atoms with Crippen molar-refractivity contribution < 1.29 is 9.90 Å². The molecule has 5 heteroatoms. The fraction of sp³-hybridized carbons (Fsp3) is 0.143. The zero-order valence-corrected chi connectivity index (χ0v) is 8.49. The van der Waals surface area contributed by atoms with E-state index in [-0.39, 0.29) is 4.88 Å². The Balaban J connectivity index is 3.37. The van der Waals surface area contributed by atoms with Crippen molar-refractivity contribution in [3.8, 4) is 6.07 Å². The second-order valence-electron chi connectivity index (χ2n) is 2.12. The third kappa shape index (κ3) is 1.36. The molecule has 0 aromatic carbocycles. The molecule has 0 spiro atoms. The van der Waals surface area contributed by atoms with Gasteiger partial charge in [-0.2, -0.15) is 5.26 Å². The van der Waals surface area contributed by atoms with Crippen LogP contribution in [0.1, 0.15) is 20.1 Å². The monoisotopic (exact) mass is 245 g/mol. The Kier molecular flexibility index (Phi) is 2.50. The summed E-state index contributed by atoms with van der Waals surface area (Å²) in [5.74, 6) is -0.986. The molecular formula is C7H4BrNO2S. The van der Waals surface area contributed by atoms with Gasteiger partial charge >= 0.3 is 5.97 Å². The van der Waals surface area contributed by atoms with E-state index in [9.17, 15) is 4.79 Å². The number of nitrogens with zero attached hydrogens (tertiary/aromatic N) is 1. The van der Waals surface area contributed by atoms with Crippen molar-refractivity contribution >= 4 is 33.2 Å². The standard InChI is InChI=1S/C7H4BrNO2S/c1-3-5(8)4(2-9)12-6(3)7(10)11/h1H3,(H,10,11). The first-order chi connectivity index (χ1) is 5.57. The third-order valence-electron chi connectivity index (χ3n) is 1.37. The number of thiophene rings is 1. The number of carboxylic acids is 1. The van der Waals surface area contributed by atoms with Gasteiger partial charge in [0, 0.05) is 0 Å². The Labute approximate surface area is 81.4 Å². The molecule has 1 rings (SSSR count). The van der Waals surface area contributed by atoms with Crippen LogP contribution in [0.3, 0.4) is 0 Å². The molecule has 0 aliphatic carbocycles. The van der Waals surface area contributed by atoms with Gasteiger partial charge in [0.15, 0.2) is 0 Å². The predicted molar refractivity (Wildman–Crippen MR) is 48.4 cm³/mol. The van der Waals surface area contributed by atoms with Crippen LogP contribution in [0.2, 0.25) is 0 Å². The number of rotatable bonds is 1. The van der Waals surface area contributed by atoms with Crippen LogP contribution in [0.4, 0.5) is 0 Å². The number of hydrogen-bond donors (Lipinski definition) is 1. The van der Waals surface area contributed by atoms with Crippen LogP contribution in [0, 0.1) is 18.3 Å². The van der Waals surface area contributed by atoms with Crippen molar-refractivity contribution in [1.29, 1.82) is 5.26 Å². The molecule has 12 heavy (non-hydrogen) atoms. The molecule has 0 aliphatic rings. The largest absolute Gasteiger partial charge is 0.477 e. The molecule has 0 aliphatic heterocycles. The molecule has 1 aromatic rings. The Bertz CT molecular complexity index is 377. The molecule has 0 unspecified atom stereocenters. The highest BCUT2D eigenvalue weighted by molar-refractivity contribution is 9.10. The predicted octanol–water partition coefficient (Wildman–Crippen LogP) is 2.39. The lowest BCUT2D eigenvalue weighted by Crippen LogP contribution is -1.93. The van der Waals surface area contributed by atoms with Crippen molar-refractivity contribution in [1.82, 2.24) is 0 Å². The lowest BCUT2D eigenvalue weighted by atomic mass is 10.3. The van der Waals surface area contributed by atoms with Crippen molar-refractivity contribution in [2.24, 2.45) is 0 Å². The minimum atomic E-state index is -0.986. The van der Waals surface area contributed by atoms with Crippen molar-refractivity contribution in [2.45, 2.75) is 6.92 Å². The molecule has 1 N–H and O–H groups in total. The maximum absolute atomic E-state index is 10.6. The Hall–Kier alpha value is -0.860. The number of aromatic carboxylic acids is 1. The molecular weight excluding hydrogens is 242 g/mol. The smallest absolute Gasteiger partial charge is 0.346 e. The highest BCUT2D eigenvalue weighted by Crippen LogP contribution is 2.31. The normalized spacial score (nSPS) is 9.42. The van der Waals surface area contributed by atoms with E-state index in [1.165, 1.54) is 0 Å². The van der Waals surface area contributed by atoms with Crippen molar-refractivity contribution in [2.75, 3.05) is 0 Å². The Morgan fingerprint density at radius 2 is 2.33 bits per heavy atom. The summed E-state index contributed by atoms with van der Waals surface area (Å²) in [5.41, 5.74) is 0.615. The maximum Gasteiger partial charge on any atom is 0.346 e. The third-order valence-corrected chi connectivity index (χ3v) is 3.81. The lowest BCUT2D eigenvalue weighted by molar-refractivity contribution is 0.0701. The van der Waals surface area contributed by atoms with E-state index >= 15 is 0 Å². The fourth-order valence-electron chi connectivity index (χ4n) is 0.769. The average Bonchev–Trinajstić information content (AvgIpc) is 2.30. The molecule has 62 valence electrons. The molecule has 0 fully saturated rings. The first kappa shape index (κ1) is 9.23. The molecule has 0 saturated heterocycles. The summed E-state index contributed by atoms with van der Waals surface area (Å²) in [5, 5.41) is 17.3. The van der Waals surface area contributed by atoms with Crippen LogP contribution in [0.15, 0.2) is 4.47 Å². The van der Waals surface area contributed by atoms with Crippen LogP contribution < -0.4 is 0 Å². The fourth-order valence-corrected chi connectivity index (χ4v) is 2.27. The van der Waals surface area contributed by atoms with Gasteiger partial charge in [0.05, 0.1) is 4.47 Å².